The third-order valence-corrected chi connectivity index (χ3v) is 3.81. The molecule has 3 rings (SSSR count). The van der Waals surface area contributed by atoms with E-state index in [9.17, 15) is 9.59 Å². The van der Waals surface area contributed by atoms with Crippen LogP contribution in [0.5, 0.6) is 0 Å². The van der Waals surface area contributed by atoms with Gasteiger partial charge < -0.3 is 14.7 Å². The standard InChI is InChI=1S/C17H17N3O3/c1-3-12(11-7-5-4-6-8-11)20-16(22)13-10(2)23-17-14(13)15(21)18-9-19-17/h4-9,12H,3H2,1-2H3,(H,20,22)(H,18,19,21)/t12-/m0/s1. The Bertz CT molecular complexity index is 896. The van der Waals surface area contributed by atoms with E-state index in [-0.39, 0.29) is 34.2 Å². The third kappa shape index (κ3) is 2.75. The first-order valence-electron chi connectivity index (χ1n) is 7.44. The average molecular weight is 311 g/mol. The molecule has 0 bridgehead atoms. The van der Waals surface area contributed by atoms with E-state index in [0.29, 0.717) is 5.76 Å². The fourth-order valence-corrected chi connectivity index (χ4v) is 2.66. The molecule has 0 fully saturated rings. The van der Waals surface area contributed by atoms with Crippen LogP contribution in [0, 0.1) is 6.92 Å². The van der Waals surface area contributed by atoms with Crippen LogP contribution >= 0.6 is 0 Å². The summed E-state index contributed by atoms with van der Waals surface area (Å²) >= 11 is 0. The van der Waals surface area contributed by atoms with Gasteiger partial charge in [-0.25, -0.2) is 4.98 Å². The van der Waals surface area contributed by atoms with Gasteiger partial charge in [0.25, 0.3) is 11.5 Å². The van der Waals surface area contributed by atoms with Gasteiger partial charge >= 0.3 is 0 Å². The Labute approximate surface area is 132 Å². The van der Waals surface area contributed by atoms with Gasteiger partial charge in [0.15, 0.2) is 0 Å². The molecule has 6 nitrogen and oxygen atoms in total. The normalized spacial score (nSPS) is 12.3. The lowest BCUT2D eigenvalue weighted by atomic mass is 10.0. The van der Waals surface area contributed by atoms with Crippen LogP contribution in [0.1, 0.15) is 41.1 Å². The number of aryl methyl sites for hydroxylation is 1. The van der Waals surface area contributed by atoms with Gasteiger partial charge in [0.05, 0.1) is 17.9 Å². The topological polar surface area (TPSA) is 88.0 Å². The molecule has 3 aromatic rings. The summed E-state index contributed by atoms with van der Waals surface area (Å²) < 4.78 is 5.43. The van der Waals surface area contributed by atoms with Crippen LogP contribution in [0.15, 0.2) is 45.9 Å². The smallest absolute Gasteiger partial charge is 0.262 e. The van der Waals surface area contributed by atoms with Crippen molar-refractivity contribution >= 4 is 17.0 Å². The first kappa shape index (κ1) is 15.0. The summed E-state index contributed by atoms with van der Waals surface area (Å²) in [6, 6.07) is 9.57. The number of aromatic nitrogens is 2. The number of hydrogen-bond donors (Lipinski definition) is 2. The van der Waals surface area contributed by atoms with Gasteiger partial charge in [-0.1, -0.05) is 37.3 Å². The molecule has 2 heterocycles. The second-order valence-electron chi connectivity index (χ2n) is 5.29. The molecular formula is C17H17N3O3. The van der Waals surface area contributed by atoms with Crippen molar-refractivity contribution in [3.05, 3.63) is 63.9 Å². The lowest BCUT2D eigenvalue weighted by Gasteiger charge is -2.17. The number of aromatic amines is 1. The molecule has 118 valence electrons. The van der Waals surface area contributed by atoms with Crippen LogP contribution in [0.3, 0.4) is 0 Å². The highest BCUT2D eigenvalue weighted by atomic mass is 16.3. The summed E-state index contributed by atoms with van der Waals surface area (Å²) in [5, 5.41) is 3.15. The summed E-state index contributed by atoms with van der Waals surface area (Å²) in [5.41, 5.74) is 1.04. The Kier molecular flexibility index (Phi) is 3.97. The second kappa shape index (κ2) is 6.08. The third-order valence-electron chi connectivity index (χ3n) is 3.81. The lowest BCUT2D eigenvalue weighted by Crippen LogP contribution is -2.29. The number of nitrogens with zero attached hydrogens (tertiary/aromatic N) is 1. The summed E-state index contributed by atoms with van der Waals surface area (Å²) in [6.07, 6.45) is 1.99. The molecule has 0 saturated carbocycles. The Morgan fingerprint density at radius 2 is 2.09 bits per heavy atom. The highest BCUT2D eigenvalue weighted by Gasteiger charge is 2.23. The minimum absolute atomic E-state index is 0.135. The molecule has 1 atom stereocenters. The zero-order valence-electron chi connectivity index (χ0n) is 12.9. The molecule has 0 aliphatic heterocycles. The predicted molar refractivity (Wildman–Crippen MR) is 86.3 cm³/mol. The van der Waals surface area contributed by atoms with Crippen LogP contribution in [-0.4, -0.2) is 15.9 Å². The molecule has 0 radical (unpaired) electrons. The molecule has 23 heavy (non-hydrogen) atoms. The molecule has 2 N–H and O–H groups in total. The molecule has 0 aliphatic carbocycles. The van der Waals surface area contributed by atoms with E-state index in [1.807, 2.05) is 37.3 Å². The summed E-state index contributed by atoms with van der Waals surface area (Å²) in [7, 11) is 0. The van der Waals surface area contributed by atoms with Crippen molar-refractivity contribution in [3.8, 4) is 0 Å². The van der Waals surface area contributed by atoms with Crippen molar-refractivity contribution in [1.29, 1.82) is 0 Å². The largest absolute Gasteiger partial charge is 0.442 e. The lowest BCUT2D eigenvalue weighted by molar-refractivity contribution is 0.0935. The number of furan rings is 1. The molecule has 0 aliphatic rings. The number of amides is 1. The Hall–Kier alpha value is -2.89. The molecule has 1 aromatic carbocycles. The van der Waals surface area contributed by atoms with Crippen molar-refractivity contribution in [2.45, 2.75) is 26.3 Å². The van der Waals surface area contributed by atoms with Crippen molar-refractivity contribution in [2.75, 3.05) is 0 Å². The second-order valence-corrected chi connectivity index (χ2v) is 5.29. The maximum atomic E-state index is 12.7. The van der Waals surface area contributed by atoms with Crippen LogP contribution in [0.4, 0.5) is 0 Å². The van der Waals surface area contributed by atoms with Gasteiger partial charge in [-0.2, -0.15) is 0 Å². The van der Waals surface area contributed by atoms with Gasteiger partial charge in [-0.05, 0) is 18.9 Å². The Morgan fingerprint density at radius 1 is 1.35 bits per heavy atom. The highest BCUT2D eigenvalue weighted by Crippen LogP contribution is 2.22. The van der Waals surface area contributed by atoms with E-state index in [1.165, 1.54) is 6.33 Å². The minimum Gasteiger partial charge on any atom is -0.442 e. The summed E-state index contributed by atoms with van der Waals surface area (Å²) in [6.45, 7) is 3.64. The number of carbonyl (C=O) groups excluding carboxylic acids is 1. The fraction of sp³-hybridized carbons (Fsp3) is 0.235. The monoisotopic (exact) mass is 311 g/mol. The average Bonchev–Trinajstić information content (AvgIpc) is 2.90. The molecule has 1 amide bonds. The molecule has 0 spiro atoms. The molecule has 0 saturated heterocycles. The van der Waals surface area contributed by atoms with E-state index >= 15 is 0 Å². The number of H-pyrrole nitrogens is 1. The number of fused-ring (bicyclic) bond motifs is 1. The number of carbonyl (C=O) groups is 1. The maximum absolute atomic E-state index is 12.7. The van der Waals surface area contributed by atoms with Gasteiger partial charge in [0.2, 0.25) is 5.71 Å². The van der Waals surface area contributed by atoms with Crippen molar-refractivity contribution in [3.63, 3.8) is 0 Å². The quantitative estimate of drug-likeness (QED) is 0.775. The van der Waals surface area contributed by atoms with Crippen molar-refractivity contribution < 1.29 is 9.21 Å². The van der Waals surface area contributed by atoms with Gasteiger partial charge in [0, 0.05) is 0 Å². The number of nitrogens with one attached hydrogen (secondary N) is 2. The van der Waals surface area contributed by atoms with E-state index < -0.39 is 0 Å². The zero-order chi connectivity index (χ0) is 16.4. The van der Waals surface area contributed by atoms with E-state index in [1.54, 1.807) is 6.92 Å². The molecule has 2 aromatic heterocycles. The number of hydrogen-bond acceptors (Lipinski definition) is 4. The van der Waals surface area contributed by atoms with E-state index in [0.717, 1.165) is 12.0 Å². The molecule has 6 heteroatoms. The number of rotatable bonds is 4. The maximum Gasteiger partial charge on any atom is 0.262 e. The number of benzene rings is 1. The summed E-state index contributed by atoms with van der Waals surface area (Å²) in [5.74, 6) is 0.0417. The molecule has 0 unspecified atom stereocenters. The predicted octanol–water partition coefficient (Wildman–Crippen LogP) is 2.71. The van der Waals surface area contributed by atoms with E-state index in [2.05, 4.69) is 15.3 Å². The van der Waals surface area contributed by atoms with Gasteiger partial charge in [0.1, 0.15) is 11.1 Å². The molecular weight excluding hydrogens is 294 g/mol. The van der Waals surface area contributed by atoms with Gasteiger partial charge in [-0.3, -0.25) is 9.59 Å². The Balaban J connectivity index is 1.98. The van der Waals surface area contributed by atoms with Gasteiger partial charge in [-0.15, -0.1) is 0 Å². The van der Waals surface area contributed by atoms with Crippen molar-refractivity contribution in [1.82, 2.24) is 15.3 Å². The van der Waals surface area contributed by atoms with Crippen LogP contribution in [0.2, 0.25) is 0 Å². The SMILES string of the molecule is CC[C@H](NC(=O)c1c(C)oc2nc[nH]c(=O)c12)c1ccccc1. The van der Waals surface area contributed by atoms with Crippen molar-refractivity contribution in [2.24, 2.45) is 0 Å². The van der Waals surface area contributed by atoms with Crippen LogP contribution < -0.4 is 10.9 Å². The van der Waals surface area contributed by atoms with Crippen LogP contribution in [0.25, 0.3) is 11.1 Å². The first-order chi connectivity index (χ1) is 11.1. The Morgan fingerprint density at radius 3 is 2.78 bits per heavy atom. The summed E-state index contributed by atoms with van der Waals surface area (Å²) in [4.78, 5) is 31.1. The fourth-order valence-electron chi connectivity index (χ4n) is 2.66. The minimum atomic E-state index is -0.384. The van der Waals surface area contributed by atoms with Crippen LogP contribution in [-0.2, 0) is 0 Å². The van der Waals surface area contributed by atoms with E-state index in [4.69, 9.17) is 4.42 Å². The highest BCUT2D eigenvalue weighted by molar-refractivity contribution is 6.06. The first-order valence-corrected chi connectivity index (χ1v) is 7.44. The zero-order valence-corrected chi connectivity index (χ0v) is 12.9.